The number of carboxylic acids is 1. The number of hydrogen-bond donors (Lipinski definition) is 0. The van der Waals surface area contributed by atoms with E-state index >= 15 is 0 Å². The van der Waals surface area contributed by atoms with Crippen LogP contribution in [-0.2, 0) is 11.2 Å². The van der Waals surface area contributed by atoms with Crippen molar-refractivity contribution in [3.63, 3.8) is 0 Å². The minimum absolute atomic E-state index is 0.273. The van der Waals surface area contributed by atoms with Gasteiger partial charge in [-0.05, 0) is 12.1 Å². The molecule has 0 amide bonds. The first-order chi connectivity index (χ1) is 8.49. The third kappa shape index (κ3) is 2.25. The number of benzene rings is 1. The number of para-hydroxylation sites is 1. The molecule has 2 aromatic rings. The predicted octanol–water partition coefficient (Wildman–Crippen LogP) is 0.151. The van der Waals surface area contributed by atoms with Crippen molar-refractivity contribution >= 4 is 22.6 Å². The van der Waals surface area contributed by atoms with Gasteiger partial charge in [0.05, 0.1) is 23.5 Å². The van der Waals surface area contributed by atoms with Gasteiger partial charge in [-0.3, -0.25) is 0 Å². The van der Waals surface area contributed by atoms with Gasteiger partial charge in [0, 0.05) is 20.2 Å². The lowest BCUT2D eigenvalue weighted by atomic mass is 10.1. The number of nitrogens with one attached hydrogen (secondary N) is 1. The second-order valence-corrected chi connectivity index (χ2v) is 4.29. The molecule has 0 unspecified atom stereocenters. The average molecular weight is 248 g/mol. The molecule has 1 N–H and O–H groups in total. The molecule has 0 aliphatic heterocycles. The number of pyridine rings is 1. The van der Waals surface area contributed by atoms with Crippen molar-refractivity contribution in [2.24, 2.45) is 0 Å². The average Bonchev–Trinajstić information content (AvgIpc) is 2.28. The molecular formula is C13H13FN2O2. The Morgan fingerprint density at radius 2 is 2.17 bits per heavy atom. The largest absolute Gasteiger partial charge is 0.550 e. The number of halogens is 1. The molecule has 18 heavy (non-hydrogen) atoms. The maximum atomic E-state index is 13.7. The number of carbonyl (C=O) groups excluding carboxylic acids is 1. The Balaban J connectivity index is 2.71. The first-order valence-corrected chi connectivity index (χ1v) is 5.49. The quantitative estimate of drug-likeness (QED) is 0.777. The van der Waals surface area contributed by atoms with Gasteiger partial charge in [-0.1, -0.05) is 6.07 Å². The fraction of sp³-hybridized carbons (Fsp3) is 0.231. The van der Waals surface area contributed by atoms with Crippen molar-refractivity contribution in [1.29, 1.82) is 0 Å². The number of fused-ring (bicyclic) bond motifs is 1. The number of aromatic nitrogens is 1. The van der Waals surface area contributed by atoms with Crippen LogP contribution in [0.3, 0.4) is 0 Å². The third-order valence-corrected chi connectivity index (χ3v) is 2.70. The summed E-state index contributed by atoms with van der Waals surface area (Å²) in [6.07, 6.45) is -0.273. The number of carbonyl (C=O) groups is 1. The molecular weight excluding hydrogens is 235 g/mol. The second kappa shape index (κ2) is 4.60. The summed E-state index contributed by atoms with van der Waals surface area (Å²) < 4.78 is 13.7. The molecule has 1 aromatic carbocycles. The van der Waals surface area contributed by atoms with E-state index in [1.54, 1.807) is 18.2 Å². The number of nitrogens with zero attached hydrogens (tertiary/aromatic N) is 1. The summed E-state index contributed by atoms with van der Waals surface area (Å²) in [6, 6.07) is 6.43. The van der Waals surface area contributed by atoms with Crippen LogP contribution in [0.25, 0.3) is 10.9 Å². The van der Waals surface area contributed by atoms with Crippen LogP contribution in [0.1, 0.15) is 5.69 Å². The third-order valence-electron chi connectivity index (χ3n) is 2.70. The number of aliphatic carboxylic acids is 1. The van der Waals surface area contributed by atoms with Crippen molar-refractivity contribution in [1.82, 2.24) is 0 Å². The topological polar surface area (TPSA) is 57.5 Å². The van der Waals surface area contributed by atoms with Crippen LogP contribution in [0.2, 0.25) is 0 Å². The second-order valence-electron chi connectivity index (χ2n) is 4.29. The van der Waals surface area contributed by atoms with Gasteiger partial charge in [0.25, 0.3) is 0 Å². The van der Waals surface area contributed by atoms with Gasteiger partial charge in [0.1, 0.15) is 0 Å². The summed E-state index contributed by atoms with van der Waals surface area (Å²) in [5.41, 5.74) is 1.48. The number of H-pyrrole nitrogens is 1. The number of carboxylic acid groups (broad SMARTS) is 1. The van der Waals surface area contributed by atoms with Gasteiger partial charge in [-0.25, -0.2) is 4.98 Å². The molecule has 0 bridgehead atoms. The highest BCUT2D eigenvalue weighted by molar-refractivity contribution is 5.90. The van der Waals surface area contributed by atoms with Gasteiger partial charge in [0.15, 0.2) is 11.5 Å². The molecule has 94 valence electrons. The maximum Gasteiger partial charge on any atom is 0.249 e. The lowest BCUT2D eigenvalue weighted by Gasteiger charge is -2.14. The molecule has 0 atom stereocenters. The summed E-state index contributed by atoms with van der Waals surface area (Å²) in [4.78, 5) is 15.2. The first kappa shape index (κ1) is 12.3. The highest BCUT2D eigenvalue weighted by atomic mass is 19.1. The number of aromatic amines is 1. The van der Waals surface area contributed by atoms with Crippen molar-refractivity contribution < 1.29 is 19.3 Å². The Morgan fingerprint density at radius 1 is 1.44 bits per heavy atom. The van der Waals surface area contributed by atoms with E-state index in [4.69, 9.17) is 0 Å². The van der Waals surface area contributed by atoms with Gasteiger partial charge >= 0.3 is 0 Å². The highest BCUT2D eigenvalue weighted by Crippen LogP contribution is 2.24. The molecule has 0 saturated carbocycles. The molecule has 1 aromatic heterocycles. The molecule has 0 fully saturated rings. The molecule has 2 rings (SSSR count). The van der Waals surface area contributed by atoms with Crippen LogP contribution in [0.15, 0.2) is 24.3 Å². The lowest BCUT2D eigenvalue weighted by molar-refractivity contribution is -0.363. The fourth-order valence-corrected chi connectivity index (χ4v) is 1.92. The van der Waals surface area contributed by atoms with E-state index in [0.717, 1.165) is 5.69 Å². The molecule has 0 saturated heterocycles. The predicted molar refractivity (Wildman–Crippen MR) is 63.5 cm³/mol. The zero-order valence-electron chi connectivity index (χ0n) is 10.2. The Morgan fingerprint density at radius 3 is 2.78 bits per heavy atom. The van der Waals surface area contributed by atoms with Crippen LogP contribution in [0.4, 0.5) is 10.1 Å². The van der Waals surface area contributed by atoms with Crippen LogP contribution in [-0.4, -0.2) is 20.1 Å². The van der Waals surface area contributed by atoms with Crippen molar-refractivity contribution in [3.05, 3.63) is 35.8 Å². The van der Waals surface area contributed by atoms with Crippen molar-refractivity contribution in [2.75, 3.05) is 19.0 Å². The summed E-state index contributed by atoms with van der Waals surface area (Å²) in [6.45, 7) is 0. The summed E-state index contributed by atoms with van der Waals surface area (Å²) in [5.74, 6) is -1.61. The minimum Gasteiger partial charge on any atom is -0.550 e. The van der Waals surface area contributed by atoms with Gasteiger partial charge < -0.3 is 14.8 Å². The van der Waals surface area contributed by atoms with E-state index in [2.05, 4.69) is 4.98 Å². The summed E-state index contributed by atoms with van der Waals surface area (Å²) in [5, 5.41) is 11.3. The van der Waals surface area contributed by atoms with Crippen LogP contribution < -0.4 is 15.0 Å². The van der Waals surface area contributed by atoms with Gasteiger partial charge in [0.2, 0.25) is 5.52 Å². The molecule has 1 heterocycles. The van der Waals surface area contributed by atoms with Crippen molar-refractivity contribution in [2.45, 2.75) is 6.42 Å². The van der Waals surface area contributed by atoms with E-state index in [1.807, 2.05) is 19.0 Å². The van der Waals surface area contributed by atoms with Crippen molar-refractivity contribution in [3.8, 4) is 0 Å². The minimum atomic E-state index is -1.20. The smallest absolute Gasteiger partial charge is 0.249 e. The van der Waals surface area contributed by atoms with Gasteiger partial charge in [-0.15, -0.1) is 0 Å². The standard InChI is InChI=1S/C13H13FN2O2/c1-16(2)11-6-8(7-12(17)18)15-13-9(11)4-3-5-10(13)14/h3-6H,7H2,1-2H3,(H,17,18). The molecule has 0 radical (unpaired) electrons. The Bertz CT molecular complexity index is 611. The first-order valence-electron chi connectivity index (χ1n) is 5.49. The van der Waals surface area contributed by atoms with Crippen LogP contribution in [0.5, 0.6) is 0 Å². The lowest BCUT2D eigenvalue weighted by Crippen LogP contribution is -2.28. The number of rotatable bonds is 3. The van der Waals surface area contributed by atoms with Crippen LogP contribution in [0, 0.1) is 5.82 Å². The number of hydrogen-bond acceptors (Lipinski definition) is 3. The zero-order chi connectivity index (χ0) is 13.3. The molecule has 0 spiro atoms. The maximum absolute atomic E-state index is 13.7. The normalized spacial score (nSPS) is 10.6. The fourth-order valence-electron chi connectivity index (χ4n) is 1.92. The Kier molecular flexibility index (Phi) is 3.14. The van der Waals surface area contributed by atoms with E-state index < -0.39 is 11.8 Å². The summed E-state index contributed by atoms with van der Waals surface area (Å²) >= 11 is 0. The zero-order valence-corrected chi connectivity index (χ0v) is 10.2. The highest BCUT2D eigenvalue weighted by Gasteiger charge is 2.16. The Labute approximate surface area is 104 Å². The van der Waals surface area contributed by atoms with E-state index in [1.165, 1.54) is 6.07 Å². The van der Waals surface area contributed by atoms with Gasteiger partial charge in [-0.2, -0.15) is 4.39 Å². The molecule has 4 nitrogen and oxygen atoms in total. The summed E-state index contributed by atoms with van der Waals surface area (Å²) in [7, 11) is 3.64. The number of anilines is 1. The molecule has 0 aliphatic carbocycles. The SMILES string of the molecule is CN(C)c1cc(CC(=O)[O-])[nH+]c2c(F)cccc12. The monoisotopic (exact) mass is 248 g/mol. The molecule has 0 aliphatic rings. The van der Waals surface area contributed by atoms with E-state index in [0.29, 0.717) is 16.6 Å². The Hall–Kier alpha value is -2.17. The van der Waals surface area contributed by atoms with E-state index in [-0.39, 0.29) is 6.42 Å². The molecule has 5 heteroatoms. The van der Waals surface area contributed by atoms with Crippen LogP contribution >= 0.6 is 0 Å². The van der Waals surface area contributed by atoms with E-state index in [9.17, 15) is 14.3 Å².